The molecule has 2 unspecified atom stereocenters. The summed E-state index contributed by atoms with van der Waals surface area (Å²) in [5.41, 5.74) is -0.556. The highest BCUT2D eigenvalue weighted by Crippen LogP contribution is 2.34. The number of carbonyl (C=O) groups excluding carboxylic acids is 3. The molecule has 9 nitrogen and oxygen atoms in total. The third-order valence-electron chi connectivity index (χ3n) is 6.31. The Balaban J connectivity index is 1.86. The minimum absolute atomic E-state index is 0.0654. The van der Waals surface area contributed by atoms with Gasteiger partial charge < -0.3 is 20.1 Å². The van der Waals surface area contributed by atoms with E-state index in [-0.39, 0.29) is 17.7 Å². The van der Waals surface area contributed by atoms with Crippen LogP contribution < -0.4 is 10.6 Å². The smallest absolute Gasteiger partial charge is 0.303 e. The van der Waals surface area contributed by atoms with Gasteiger partial charge in [0, 0.05) is 26.6 Å². The molecule has 1 aliphatic heterocycles. The fraction of sp³-hybridized carbons (Fsp3) is 0.826. The molecule has 1 saturated carbocycles. The summed E-state index contributed by atoms with van der Waals surface area (Å²) in [6, 6.07) is 1.57. The largest absolute Gasteiger partial charge is 0.452 e. The third-order valence-corrected chi connectivity index (χ3v) is 6.31. The van der Waals surface area contributed by atoms with E-state index in [1.165, 1.54) is 6.92 Å². The lowest BCUT2D eigenvalue weighted by atomic mass is 9.79. The number of carbonyl (C=O) groups is 3. The number of amides is 2. The van der Waals surface area contributed by atoms with Crippen molar-refractivity contribution in [2.75, 3.05) is 32.8 Å². The van der Waals surface area contributed by atoms with Crippen molar-refractivity contribution in [2.24, 2.45) is 5.92 Å². The van der Waals surface area contributed by atoms with Gasteiger partial charge in [-0.1, -0.05) is 33.1 Å². The molecule has 2 atom stereocenters. The highest BCUT2D eigenvalue weighted by atomic mass is 16.5. The van der Waals surface area contributed by atoms with E-state index in [2.05, 4.69) is 21.6 Å². The lowest BCUT2D eigenvalue weighted by Crippen LogP contribution is -2.63. The van der Waals surface area contributed by atoms with Gasteiger partial charge in [0.15, 0.2) is 6.10 Å². The molecule has 1 saturated heterocycles. The fourth-order valence-electron chi connectivity index (χ4n) is 4.57. The van der Waals surface area contributed by atoms with E-state index in [9.17, 15) is 19.6 Å². The van der Waals surface area contributed by atoms with Crippen LogP contribution in [0.1, 0.15) is 65.7 Å². The maximum Gasteiger partial charge on any atom is 0.303 e. The molecule has 0 aromatic carbocycles. The Morgan fingerprint density at radius 1 is 1.16 bits per heavy atom. The Morgan fingerprint density at radius 2 is 1.81 bits per heavy atom. The number of esters is 1. The zero-order chi connectivity index (χ0) is 23.6. The molecular formula is C23H38N4O5. The number of nitriles is 1. The molecule has 0 aromatic heterocycles. The van der Waals surface area contributed by atoms with Gasteiger partial charge in [0.1, 0.15) is 11.6 Å². The predicted octanol–water partition coefficient (Wildman–Crippen LogP) is 1.51. The van der Waals surface area contributed by atoms with Crippen molar-refractivity contribution in [3.8, 4) is 6.07 Å². The lowest BCUT2D eigenvalue weighted by Gasteiger charge is -2.46. The van der Waals surface area contributed by atoms with Crippen LogP contribution in [0.3, 0.4) is 0 Å². The fourth-order valence-corrected chi connectivity index (χ4v) is 4.57. The van der Waals surface area contributed by atoms with E-state index in [0.717, 1.165) is 45.2 Å². The Labute approximate surface area is 191 Å². The molecule has 180 valence electrons. The van der Waals surface area contributed by atoms with Gasteiger partial charge in [-0.15, -0.1) is 0 Å². The average Bonchev–Trinajstić information content (AvgIpc) is 2.79. The highest BCUT2D eigenvalue weighted by Gasteiger charge is 2.45. The summed E-state index contributed by atoms with van der Waals surface area (Å²) in [5.74, 6) is -1.05. The molecule has 2 amide bonds. The number of hydrogen-bond acceptors (Lipinski definition) is 7. The molecule has 9 heteroatoms. The summed E-state index contributed by atoms with van der Waals surface area (Å²) < 4.78 is 10.6. The van der Waals surface area contributed by atoms with Crippen molar-refractivity contribution in [1.29, 1.82) is 5.26 Å². The predicted molar refractivity (Wildman–Crippen MR) is 118 cm³/mol. The van der Waals surface area contributed by atoms with Crippen LogP contribution >= 0.6 is 0 Å². The Hall–Kier alpha value is -2.18. The Bertz CT molecular complexity index is 678. The van der Waals surface area contributed by atoms with Crippen LogP contribution in [0.2, 0.25) is 0 Å². The summed E-state index contributed by atoms with van der Waals surface area (Å²) in [6.07, 6.45) is 4.88. The maximum atomic E-state index is 13.3. The molecule has 2 rings (SSSR count). The van der Waals surface area contributed by atoms with Crippen LogP contribution in [0, 0.1) is 17.2 Å². The van der Waals surface area contributed by atoms with Crippen LogP contribution in [-0.2, 0) is 23.9 Å². The molecule has 2 aliphatic rings. The monoisotopic (exact) mass is 450 g/mol. The minimum atomic E-state index is -0.835. The second kappa shape index (κ2) is 12.8. The summed E-state index contributed by atoms with van der Waals surface area (Å²) in [7, 11) is 0. The normalized spacial score (nSPS) is 20.6. The number of rotatable bonds is 10. The van der Waals surface area contributed by atoms with Crippen LogP contribution in [0.4, 0.5) is 0 Å². The standard InChI is InChI=1S/C23H38N4O5/c1-17(2)20(32-18(3)28)21(29)25-11-7-8-19(16-24)26-22(30)23(9-5-4-6-10-23)27-12-14-31-15-13-27/h17,19-20H,4-15H2,1-3H3,(H,25,29)(H,26,30). The van der Waals surface area contributed by atoms with Gasteiger partial charge in [-0.3, -0.25) is 19.3 Å². The quantitative estimate of drug-likeness (QED) is 0.382. The van der Waals surface area contributed by atoms with Crippen molar-refractivity contribution in [3.05, 3.63) is 0 Å². The first kappa shape index (κ1) is 26.1. The Morgan fingerprint density at radius 3 is 2.38 bits per heavy atom. The average molecular weight is 451 g/mol. The molecule has 1 heterocycles. The van der Waals surface area contributed by atoms with E-state index in [1.54, 1.807) is 0 Å². The SMILES string of the molecule is CC(=O)OC(C(=O)NCCCC(C#N)NC(=O)C1(N2CCOCC2)CCCCC1)C(C)C. The van der Waals surface area contributed by atoms with E-state index in [4.69, 9.17) is 9.47 Å². The second-order valence-corrected chi connectivity index (χ2v) is 9.05. The second-order valence-electron chi connectivity index (χ2n) is 9.05. The molecule has 2 N–H and O–H groups in total. The van der Waals surface area contributed by atoms with Gasteiger partial charge in [-0.25, -0.2) is 0 Å². The summed E-state index contributed by atoms with van der Waals surface area (Å²) in [6.45, 7) is 7.95. The molecule has 0 aromatic rings. The van der Waals surface area contributed by atoms with Crippen molar-refractivity contribution in [1.82, 2.24) is 15.5 Å². The molecule has 0 bridgehead atoms. The van der Waals surface area contributed by atoms with E-state index in [0.29, 0.717) is 32.6 Å². The minimum Gasteiger partial charge on any atom is -0.452 e. The van der Waals surface area contributed by atoms with Gasteiger partial charge in [0.05, 0.1) is 19.3 Å². The van der Waals surface area contributed by atoms with Crippen LogP contribution in [0.15, 0.2) is 0 Å². The molecular weight excluding hydrogens is 412 g/mol. The highest BCUT2D eigenvalue weighted by molar-refractivity contribution is 5.87. The number of morpholine rings is 1. The van der Waals surface area contributed by atoms with E-state index < -0.39 is 23.7 Å². The lowest BCUT2D eigenvalue weighted by molar-refractivity contribution is -0.156. The zero-order valence-corrected chi connectivity index (χ0v) is 19.7. The van der Waals surface area contributed by atoms with Gasteiger partial charge in [0.25, 0.3) is 5.91 Å². The number of nitrogens with zero attached hydrogens (tertiary/aromatic N) is 2. The molecule has 0 spiro atoms. The molecule has 0 radical (unpaired) electrons. The van der Waals surface area contributed by atoms with Crippen molar-refractivity contribution >= 4 is 17.8 Å². The van der Waals surface area contributed by atoms with Crippen LogP contribution in [0.5, 0.6) is 0 Å². The number of hydrogen-bond donors (Lipinski definition) is 2. The van der Waals surface area contributed by atoms with Gasteiger partial charge in [-0.2, -0.15) is 5.26 Å². The van der Waals surface area contributed by atoms with E-state index in [1.807, 2.05) is 13.8 Å². The molecule has 2 fully saturated rings. The van der Waals surface area contributed by atoms with Gasteiger partial charge in [-0.05, 0) is 31.6 Å². The van der Waals surface area contributed by atoms with Crippen molar-refractivity contribution in [3.63, 3.8) is 0 Å². The summed E-state index contributed by atoms with van der Waals surface area (Å²) in [5, 5.41) is 15.3. The first-order valence-corrected chi connectivity index (χ1v) is 11.8. The molecule has 32 heavy (non-hydrogen) atoms. The number of ether oxygens (including phenoxy) is 2. The van der Waals surface area contributed by atoms with Crippen LogP contribution in [0.25, 0.3) is 0 Å². The topological polar surface area (TPSA) is 121 Å². The maximum absolute atomic E-state index is 13.3. The van der Waals surface area contributed by atoms with Gasteiger partial charge >= 0.3 is 5.97 Å². The summed E-state index contributed by atoms with van der Waals surface area (Å²) >= 11 is 0. The first-order valence-electron chi connectivity index (χ1n) is 11.8. The Kier molecular flexibility index (Phi) is 10.4. The first-order chi connectivity index (χ1) is 15.3. The zero-order valence-electron chi connectivity index (χ0n) is 19.7. The van der Waals surface area contributed by atoms with Gasteiger partial charge in [0.2, 0.25) is 5.91 Å². The van der Waals surface area contributed by atoms with Crippen molar-refractivity contribution < 1.29 is 23.9 Å². The summed E-state index contributed by atoms with van der Waals surface area (Å²) in [4.78, 5) is 39.1. The number of nitrogens with one attached hydrogen (secondary N) is 2. The van der Waals surface area contributed by atoms with E-state index >= 15 is 0 Å². The molecule has 1 aliphatic carbocycles. The third kappa shape index (κ3) is 7.17. The van der Waals surface area contributed by atoms with Crippen molar-refractivity contribution in [2.45, 2.75) is 83.4 Å². The van der Waals surface area contributed by atoms with Crippen LogP contribution in [-0.4, -0.2) is 73.2 Å².